The van der Waals surface area contributed by atoms with Gasteiger partial charge in [0.1, 0.15) is 17.6 Å². The lowest BCUT2D eigenvalue weighted by Gasteiger charge is -2.05. The number of aromatic nitrogens is 1. The van der Waals surface area contributed by atoms with Crippen LogP contribution in [0, 0.1) is 11.3 Å². The van der Waals surface area contributed by atoms with Crippen LogP contribution in [0.1, 0.15) is 19.0 Å². The smallest absolute Gasteiger partial charge is 0.142 e. The van der Waals surface area contributed by atoms with Crippen molar-refractivity contribution in [2.45, 2.75) is 13.3 Å². The molecule has 1 rings (SSSR count). The lowest BCUT2D eigenvalue weighted by atomic mass is 10.3. The summed E-state index contributed by atoms with van der Waals surface area (Å²) in [4.78, 5) is 4.12. The highest BCUT2D eigenvalue weighted by molar-refractivity contribution is 5.38. The van der Waals surface area contributed by atoms with Crippen molar-refractivity contribution >= 4 is 5.82 Å². The van der Waals surface area contributed by atoms with Crippen LogP contribution in [0.5, 0.6) is 0 Å². The van der Waals surface area contributed by atoms with Gasteiger partial charge in [-0.2, -0.15) is 5.26 Å². The van der Waals surface area contributed by atoms with Crippen LogP contribution in [0.4, 0.5) is 5.82 Å². The molecule has 0 amide bonds. The van der Waals surface area contributed by atoms with E-state index in [-0.39, 0.29) is 0 Å². The highest BCUT2D eigenvalue weighted by Gasteiger charge is 1.95. The monoisotopic (exact) mass is 204 g/mol. The van der Waals surface area contributed by atoms with Gasteiger partial charge in [-0.25, -0.2) is 4.98 Å². The fourth-order valence-electron chi connectivity index (χ4n) is 1.20. The van der Waals surface area contributed by atoms with Crippen molar-refractivity contribution in [3.8, 4) is 6.07 Å². The zero-order valence-corrected chi connectivity index (χ0v) is 8.95. The molecule has 2 N–H and O–H groups in total. The molecule has 4 nitrogen and oxygen atoms in total. The summed E-state index contributed by atoms with van der Waals surface area (Å²) in [5.41, 5.74) is 0.451. The molecule has 0 aliphatic carbocycles. The Morgan fingerprint density at radius 3 is 3.00 bits per heavy atom. The highest BCUT2D eigenvalue weighted by Crippen LogP contribution is 2.03. The van der Waals surface area contributed by atoms with Crippen LogP contribution >= 0.6 is 0 Å². The maximum absolute atomic E-state index is 8.65. The van der Waals surface area contributed by atoms with Crippen molar-refractivity contribution in [1.82, 2.24) is 10.3 Å². The number of pyridine rings is 1. The second-order valence-corrected chi connectivity index (χ2v) is 3.15. The molecule has 80 valence electrons. The summed E-state index contributed by atoms with van der Waals surface area (Å²) in [7, 11) is 0. The van der Waals surface area contributed by atoms with Gasteiger partial charge >= 0.3 is 0 Å². The van der Waals surface area contributed by atoms with Crippen LogP contribution in [-0.2, 0) is 0 Å². The number of hydrogen-bond donors (Lipinski definition) is 2. The third kappa shape index (κ3) is 4.43. The average Bonchev–Trinajstić information content (AvgIpc) is 2.29. The van der Waals surface area contributed by atoms with Crippen LogP contribution in [0.15, 0.2) is 18.2 Å². The predicted octanol–water partition coefficient (Wildman–Crippen LogP) is 1.36. The van der Waals surface area contributed by atoms with Crippen LogP contribution in [0.25, 0.3) is 0 Å². The summed E-state index contributed by atoms with van der Waals surface area (Å²) in [6.45, 7) is 4.96. The van der Waals surface area contributed by atoms with Gasteiger partial charge in [0.25, 0.3) is 0 Å². The second-order valence-electron chi connectivity index (χ2n) is 3.15. The molecule has 0 unspecified atom stereocenters. The van der Waals surface area contributed by atoms with Gasteiger partial charge in [-0.3, -0.25) is 0 Å². The topological polar surface area (TPSA) is 60.7 Å². The third-order valence-electron chi connectivity index (χ3n) is 1.95. The van der Waals surface area contributed by atoms with E-state index in [0.29, 0.717) is 5.69 Å². The molecule has 0 aromatic carbocycles. The number of nitriles is 1. The SMILES string of the molecule is CCNCCCNc1cccc(C#N)n1. The molecule has 0 saturated heterocycles. The first-order chi connectivity index (χ1) is 7.36. The average molecular weight is 204 g/mol. The van der Waals surface area contributed by atoms with Crippen LogP contribution in [-0.4, -0.2) is 24.6 Å². The van der Waals surface area contributed by atoms with Crippen molar-refractivity contribution in [3.05, 3.63) is 23.9 Å². The Morgan fingerprint density at radius 2 is 2.27 bits per heavy atom. The van der Waals surface area contributed by atoms with Gasteiger partial charge in [0, 0.05) is 6.54 Å². The Hall–Kier alpha value is -1.60. The van der Waals surface area contributed by atoms with E-state index in [4.69, 9.17) is 5.26 Å². The number of anilines is 1. The number of nitrogens with one attached hydrogen (secondary N) is 2. The lowest BCUT2D eigenvalue weighted by Crippen LogP contribution is -2.17. The molecule has 0 radical (unpaired) electrons. The minimum Gasteiger partial charge on any atom is -0.370 e. The van der Waals surface area contributed by atoms with Crippen molar-refractivity contribution in [3.63, 3.8) is 0 Å². The Bertz CT molecular complexity index is 330. The van der Waals surface area contributed by atoms with E-state index < -0.39 is 0 Å². The first-order valence-corrected chi connectivity index (χ1v) is 5.18. The molecule has 0 spiro atoms. The summed E-state index contributed by atoms with van der Waals surface area (Å²) >= 11 is 0. The molecule has 0 atom stereocenters. The van der Waals surface area contributed by atoms with Gasteiger partial charge in [0.15, 0.2) is 0 Å². The van der Waals surface area contributed by atoms with Gasteiger partial charge in [-0.15, -0.1) is 0 Å². The van der Waals surface area contributed by atoms with Gasteiger partial charge in [0.2, 0.25) is 0 Å². The zero-order chi connectivity index (χ0) is 10.9. The molecule has 0 fully saturated rings. The molecule has 0 bridgehead atoms. The predicted molar refractivity (Wildman–Crippen MR) is 60.6 cm³/mol. The molecule has 4 heteroatoms. The standard InChI is InChI=1S/C11H16N4/c1-2-13-7-4-8-14-11-6-3-5-10(9-12)15-11/h3,5-6,13H,2,4,7-8H2,1H3,(H,14,15). The van der Waals surface area contributed by atoms with Crippen molar-refractivity contribution in [2.75, 3.05) is 25.0 Å². The van der Waals surface area contributed by atoms with E-state index in [1.165, 1.54) is 0 Å². The van der Waals surface area contributed by atoms with E-state index >= 15 is 0 Å². The fourth-order valence-corrected chi connectivity index (χ4v) is 1.20. The number of nitrogens with zero attached hydrogens (tertiary/aromatic N) is 2. The van der Waals surface area contributed by atoms with E-state index in [1.54, 1.807) is 6.07 Å². The van der Waals surface area contributed by atoms with Gasteiger partial charge in [0.05, 0.1) is 0 Å². The van der Waals surface area contributed by atoms with Gasteiger partial charge in [-0.1, -0.05) is 13.0 Å². The van der Waals surface area contributed by atoms with Crippen LogP contribution in [0.3, 0.4) is 0 Å². The quantitative estimate of drug-likeness (QED) is 0.687. The second kappa shape index (κ2) is 6.80. The summed E-state index contributed by atoms with van der Waals surface area (Å²) < 4.78 is 0. The Balaban J connectivity index is 2.28. The first-order valence-electron chi connectivity index (χ1n) is 5.18. The number of rotatable bonds is 6. The van der Waals surface area contributed by atoms with Crippen LogP contribution in [0.2, 0.25) is 0 Å². The summed E-state index contributed by atoms with van der Waals surface area (Å²) in [6, 6.07) is 7.41. The molecule has 1 heterocycles. The van der Waals surface area contributed by atoms with Gasteiger partial charge < -0.3 is 10.6 Å². The molecular weight excluding hydrogens is 188 g/mol. The Labute approximate surface area is 90.3 Å². The lowest BCUT2D eigenvalue weighted by molar-refractivity contribution is 0.688. The van der Waals surface area contributed by atoms with Crippen molar-refractivity contribution in [1.29, 1.82) is 5.26 Å². The van der Waals surface area contributed by atoms with E-state index in [9.17, 15) is 0 Å². The molecule has 1 aromatic heterocycles. The minimum absolute atomic E-state index is 0.451. The largest absolute Gasteiger partial charge is 0.370 e. The van der Waals surface area contributed by atoms with Gasteiger partial charge in [-0.05, 0) is 31.6 Å². The summed E-state index contributed by atoms with van der Waals surface area (Å²) in [5, 5.41) is 15.1. The van der Waals surface area contributed by atoms with E-state index in [2.05, 4.69) is 22.5 Å². The van der Waals surface area contributed by atoms with Crippen LogP contribution < -0.4 is 10.6 Å². The Kier molecular flexibility index (Phi) is 5.20. The molecule has 1 aromatic rings. The molecular formula is C11H16N4. The molecule has 0 aliphatic rings. The normalized spacial score (nSPS) is 9.60. The Morgan fingerprint density at radius 1 is 1.40 bits per heavy atom. The molecule has 0 aliphatic heterocycles. The summed E-state index contributed by atoms with van der Waals surface area (Å²) in [6.07, 6.45) is 1.05. The summed E-state index contributed by atoms with van der Waals surface area (Å²) in [5.74, 6) is 0.769. The van der Waals surface area contributed by atoms with Crippen molar-refractivity contribution < 1.29 is 0 Å². The highest BCUT2D eigenvalue weighted by atomic mass is 15.0. The maximum Gasteiger partial charge on any atom is 0.142 e. The minimum atomic E-state index is 0.451. The zero-order valence-electron chi connectivity index (χ0n) is 8.95. The molecule has 15 heavy (non-hydrogen) atoms. The number of hydrogen-bond acceptors (Lipinski definition) is 4. The van der Waals surface area contributed by atoms with E-state index in [0.717, 1.165) is 31.9 Å². The first kappa shape index (κ1) is 11.5. The fraction of sp³-hybridized carbons (Fsp3) is 0.455. The maximum atomic E-state index is 8.65. The van der Waals surface area contributed by atoms with E-state index in [1.807, 2.05) is 18.2 Å². The molecule has 0 saturated carbocycles. The third-order valence-corrected chi connectivity index (χ3v) is 1.95. The van der Waals surface area contributed by atoms with Crippen molar-refractivity contribution in [2.24, 2.45) is 0 Å².